The SMILES string of the molecule is CCCC(C#N)C(=O)N1CCCC(OCC)C1. The molecular formula is C13H22N2O2. The van der Waals surface area contributed by atoms with Gasteiger partial charge in [0.1, 0.15) is 5.92 Å². The molecule has 1 heterocycles. The summed E-state index contributed by atoms with van der Waals surface area (Å²) in [5, 5.41) is 9.00. The van der Waals surface area contributed by atoms with Gasteiger partial charge in [-0.1, -0.05) is 13.3 Å². The van der Waals surface area contributed by atoms with Gasteiger partial charge in [0.15, 0.2) is 0 Å². The maximum absolute atomic E-state index is 12.1. The third-order valence-electron chi connectivity index (χ3n) is 3.12. The lowest BCUT2D eigenvalue weighted by atomic mass is 10.0. The maximum Gasteiger partial charge on any atom is 0.240 e. The highest BCUT2D eigenvalue weighted by molar-refractivity contribution is 5.81. The summed E-state index contributed by atoms with van der Waals surface area (Å²) in [6.07, 6.45) is 3.67. The van der Waals surface area contributed by atoms with E-state index in [-0.39, 0.29) is 12.0 Å². The third kappa shape index (κ3) is 4.01. The summed E-state index contributed by atoms with van der Waals surface area (Å²) in [6.45, 7) is 6.06. The van der Waals surface area contributed by atoms with Crippen LogP contribution < -0.4 is 0 Å². The van der Waals surface area contributed by atoms with Crippen LogP contribution in [0.4, 0.5) is 0 Å². The van der Waals surface area contributed by atoms with Crippen LogP contribution in [0.1, 0.15) is 39.5 Å². The number of carbonyl (C=O) groups is 1. The van der Waals surface area contributed by atoms with Gasteiger partial charge in [-0.05, 0) is 26.2 Å². The first-order chi connectivity index (χ1) is 8.22. The van der Waals surface area contributed by atoms with Gasteiger partial charge in [0.25, 0.3) is 0 Å². The molecule has 0 N–H and O–H groups in total. The number of likely N-dealkylation sites (tertiary alicyclic amines) is 1. The standard InChI is InChI=1S/C13H22N2O2/c1-3-6-11(9-14)13(16)15-8-5-7-12(10-15)17-4-2/h11-12H,3-8,10H2,1-2H3. The van der Waals surface area contributed by atoms with E-state index >= 15 is 0 Å². The van der Waals surface area contributed by atoms with Crippen LogP contribution in [0.5, 0.6) is 0 Å². The lowest BCUT2D eigenvalue weighted by molar-refractivity contribution is -0.138. The molecule has 0 aromatic rings. The fourth-order valence-electron chi connectivity index (χ4n) is 2.26. The fourth-order valence-corrected chi connectivity index (χ4v) is 2.26. The van der Waals surface area contributed by atoms with Crippen molar-refractivity contribution in [2.45, 2.75) is 45.6 Å². The number of nitrogens with zero attached hydrogens (tertiary/aromatic N) is 2. The highest BCUT2D eigenvalue weighted by Gasteiger charge is 2.28. The van der Waals surface area contributed by atoms with Gasteiger partial charge in [-0.3, -0.25) is 4.79 Å². The molecule has 1 fully saturated rings. The zero-order valence-corrected chi connectivity index (χ0v) is 10.8. The van der Waals surface area contributed by atoms with Crippen molar-refractivity contribution in [3.63, 3.8) is 0 Å². The number of piperidine rings is 1. The minimum Gasteiger partial charge on any atom is -0.377 e. The Bertz CT molecular complexity index is 284. The molecule has 0 aliphatic carbocycles. The number of carbonyl (C=O) groups excluding carboxylic acids is 1. The largest absolute Gasteiger partial charge is 0.377 e. The van der Waals surface area contributed by atoms with Gasteiger partial charge >= 0.3 is 0 Å². The minimum atomic E-state index is -0.472. The monoisotopic (exact) mass is 238 g/mol. The molecule has 0 aromatic heterocycles. The van der Waals surface area contributed by atoms with Crippen molar-refractivity contribution in [1.29, 1.82) is 5.26 Å². The molecule has 0 radical (unpaired) electrons. The van der Waals surface area contributed by atoms with Crippen LogP contribution in [0.2, 0.25) is 0 Å². The van der Waals surface area contributed by atoms with Crippen LogP contribution in [-0.2, 0) is 9.53 Å². The van der Waals surface area contributed by atoms with Crippen molar-refractivity contribution < 1.29 is 9.53 Å². The van der Waals surface area contributed by atoms with Crippen LogP contribution >= 0.6 is 0 Å². The quantitative estimate of drug-likeness (QED) is 0.735. The van der Waals surface area contributed by atoms with Crippen molar-refractivity contribution in [2.24, 2.45) is 5.92 Å². The maximum atomic E-state index is 12.1. The Kier molecular flexibility index (Phi) is 5.99. The molecule has 4 nitrogen and oxygen atoms in total. The minimum absolute atomic E-state index is 0.0150. The molecule has 0 saturated carbocycles. The first-order valence-electron chi connectivity index (χ1n) is 6.52. The summed E-state index contributed by atoms with van der Waals surface area (Å²) in [6, 6.07) is 2.11. The van der Waals surface area contributed by atoms with Gasteiger partial charge in [-0.25, -0.2) is 0 Å². The summed E-state index contributed by atoms with van der Waals surface area (Å²) in [5.41, 5.74) is 0. The van der Waals surface area contributed by atoms with Crippen LogP contribution in [-0.4, -0.2) is 36.6 Å². The Labute approximate surface area is 104 Å². The summed E-state index contributed by atoms with van der Waals surface area (Å²) in [5.74, 6) is -0.487. The summed E-state index contributed by atoms with van der Waals surface area (Å²) < 4.78 is 5.56. The number of ether oxygens (including phenoxy) is 1. The Morgan fingerprint density at radius 1 is 1.59 bits per heavy atom. The second-order valence-corrected chi connectivity index (χ2v) is 4.47. The number of nitriles is 1. The van der Waals surface area contributed by atoms with E-state index in [9.17, 15) is 4.79 Å². The average Bonchev–Trinajstić information content (AvgIpc) is 2.36. The Morgan fingerprint density at radius 2 is 2.35 bits per heavy atom. The van der Waals surface area contributed by atoms with Crippen LogP contribution in [0, 0.1) is 17.2 Å². The molecule has 2 unspecified atom stereocenters. The highest BCUT2D eigenvalue weighted by Crippen LogP contribution is 2.17. The van der Waals surface area contributed by atoms with E-state index < -0.39 is 5.92 Å². The van der Waals surface area contributed by atoms with E-state index in [1.807, 2.05) is 13.8 Å². The number of amides is 1. The fraction of sp³-hybridized carbons (Fsp3) is 0.846. The third-order valence-corrected chi connectivity index (χ3v) is 3.12. The summed E-state index contributed by atoms with van der Waals surface area (Å²) >= 11 is 0. The molecule has 4 heteroatoms. The van der Waals surface area contributed by atoms with E-state index in [2.05, 4.69) is 6.07 Å². The average molecular weight is 238 g/mol. The van der Waals surface area contributed by atoms with Gasteiger partial charge in [0.2, 0.25) is 5.91 Å². The molecular weight excluding hydrogens is 216 g/mol. The van der Waals surface area contributed by atoms with Crippen molar-refractivity contribution in [3.05, 3.63) is 0 Å². The Morgan fingerprint density at radius 3 is 2.94 bits per heavy atom. The molecule has 1 saturated heterocycles. The molecule has 0 aromatic carbocycles. The Hall–Kier alpha value is -1.08. The predicted molar refractivity (Wildman–Crippen MR) is 65.2 cm³/mol. The smallest absolute Gasteiger partial charge is 0.240 e. The van der Waals surface area contributed by atoms with E-state index in [0.717, 1.165) is 25.8 Å². The van der Waals surface area contributed by atoms with Crippen LogP contribution in [0.3, 0.4) is 0 Å². The Balaban J connectivity index is 2.53. The first kappa shape index (κ1) is 14.0. The van der Waals surface area contributed by atoms with Gasteiger partial charge in [-0.2, -0.15) is 5.26 Å². The second-order valence-electron chi connectivity index (χ2n) is 4.47. The van der Waals surface area contributed by atoms with Crippen molar-refractivity contribution in [3.8, 4) is 6.07 Å². The van der Waals surface area contributed by atoms with E-state index in [1.54, 1.807) is 4.90 Å². The summed E-state index contributed by atoms with van der Waals surface area (Å²) in [4.78, 5) is 13.9. The van der Waals surface area contributed by atoms with Gasteiger partial charge < -0.3 is 9.64 Å². The lowest BCUT2D eigenvalue weighted by Crippen LogP contribution is -2.45. The van der Waals surface area contributed by atoms with Crippen molar-refractivity contribution in [1.82, 2.24) is 4.90 Å². The van der Waals surface area contributed by atoms with E-state index in [4.69, 9.17) is 10.00 Å². The molecule has 1 aliphatic heterocycles. The molecule has 2 atom stereocenters. The zero-order chi connectivity index (χ0) is 12.7. The molecule has 96 valence electrons. The molecule has 17 heavy (non-hydrogen) atoms. The summed E-state index contributed by atoms with van der Waals surface area (Å²) in [7, 11) is 0. The molecule has 1 rings (SSSR count). The topological polar surface area (TPSA) is 53.3 Å². The molecule has 1 aliphatic rings. The predicted octanol–water partition coefficient (Wildman–Crippen LogP) is 1.95. The van der Waals surface area contributed by atoms with Crippen LogP contribution in [0.15, 0.2) is 0 Å². The van der Waals surface area contributed by atoms with Crippen LogP contribution in [0.25, 0.3) is 0 Å². The van der Waals surface area contributed by atoms with Gasteiger partial charge in [0.05, 0.1) is 12.2 Å². The first-order valence-corrected chi connectivity index (χ1v) is 6.52. The van der Waals surface area contributed by atoms with E-state index in [1.165, 1.54) is 0 Å². The number of hydrogen-bond acceptors (Lipinski definition) is 3. The molecule has 1 amide bonds. The highest BCUT2D eigenvalue weighted by atomic mass is 16.5. The van der Waals surface area contributed by atoms with E-state index in [0.29, 0.717) is 19.6 Å². The van der Waals surface area contributed by atoms with Crippen molar-refractivity contribution >= 4 is 5.91 Å². The number of rotatable bonds is 5. The van der Waals surface area contributed by atoms with Crippen molar-refractivity contribution in [2.75, 3.05) is 19.7 Å². The zero-order valence-electron chi connectivity index (χ0n) is 10.8. The molecule has 0 spiro atoms. The van der Waals surface area contributed by atoms with Gasteiger partial charge in [0, 0.05) is 19.7 Å². The van der Waals surface area contributed by atoms with Gasteiger partial charge in [-0.15, -0.1) is 0 Å². The lowest BCUT2D eigenvalue weighted by Gasteiger charge is -2.33. The molecule has 0 bridgehead atoms. The normalized spacial score (nSPS) is 21.9. The number of hydrogen-bond donors (Lipinski definition) is 0. The second kappa shape index (κ2) is 7.29.